The van der Waals surface area contributed by atoms with Crippen LogP contribution in [0.4, 0.5) is 0 Å². The maximum atomic E-state index is 11.1. The Kier molecular flexibility index (Phi) is 12.9. The van der Waals surface area contributed by atoms with Crippen molar-refractivity contribution in [1.29, 1.82) is 0 Å². The summed E-state index contributed by atoms with van der Waals surface area (Å²) in [6.45, 7) is 0. The van der Waals surface area contributed by atoms with Gasteiger partial charge in [-0.3, -0.25) is 4.79 Å². The van der Waals surface area contributed by atoms with E-state index in [1.165, 1.54) is 70.6 Å². The number of carbonyl (C=O) groups excluding carboxylic acids is 1. The minimum Gasteiger partial charge on any atom is -0.299 e. The smallest absolute Gasteiger partial charge is 0.142 e. The third kappa shape index (κ3) is 12.3. The minimum absolute atomic E-state index is 0.286. The third-order valence-electron chi connectivity index (χ3n) is 4.28. The summed E-state index contributed by atoms with van der Waals surface area (Å²) in [7, 11) is 0. The summed E-state index contributed by atoms with van der Waals surface area (Å²) in [6, 6.07) is 0. The molecule has 23 heavy (non-hydrogen) atoms. The van der Waals surface area contributed by atoms with Gasteiger partial charge in [0.15, 0.2) is 0 Å². The SMILES string of the molecule is O=C(CS)CCCCCCCCCCCCCCc1cn[nH]n1. The molecule has 0 aliphatic heterocycles. The molecular formula is C18H33N3OS. The third-order valence-corrected chi connectivity index (χ3v) is 4.63. The van der Waals surface area contributed by atoms with Crippen LogP contribution in [0.1, 0.15) is 89.2 Å². The van der Waals surface area contributed by atoms with Crippen LogP contribution >= 0.6 is 12.6 Å². The van der Waals surface area contributed by atoms with Crippen molar-refractivity contribution in [3.63, 3.8) is 0 Å². The van der Waals surface area contributed by atoms with Gasteiger partial charge in [-0.05, 0) is 19.3 Å². The molecule has 0 saturated heterocycles. The lowest BCUT2D eigenvalue weighted by atomic mass is 10.0. The van der Waals surface area contributed by atoms with Crippen LogP contribution in [0.2, 0.25) is 0 Å². The molecule has 0 unspecified atom stereocenters. The molecule has 0 aromatic carbocycles. The van der Waals surface area contributed by atoms with Crippen LogP contribution in [0.3, 0.4) is 0 Å². The van der Waals surface area contributed by atoms with Crippen molar-refractivity contribution in [3.8, 4) is 0 Å². The fourth-order valence-corrected chi connectivity index (χ4v) is 2.98. The number of hydrogen-bond donors (Lipinski definition) is 2. The molecule has 0 saturated carbocycles. The van der Waals surface area contributed by atoms with Gasteiger partial charge in [0, 0.05) is 12.2 Å². The molecule has 0 aliphatic rings. The van der Waals surface area contributed by atoms with Crippen LogP contribution < -0.4 is 0 Å². The zero-order chi connectivity index (χ0) is 16.6. The zero-order valence-corrected chi connectivity index (χ0v) is 15.3. The Hall–Kier alpha value is -0.840. The summed E-state index contributed by atoms with van der Waals surface area (Å²) in [5.74, 6) is 0.689. The van der Waals surface area contributed by atoms with Crippen LogP contribution in [-0.2, 0) is 11.2 Å². The van der Waals surface area contributed by atoms with E-state index >= 15 is 0 Å². The lowest BCUT2D eigenvalue weighted by Crippen LogP contribution is -1.98. The fraction of sp³-hybridized carbons (Fsp3) is 0.833. The molecule has 1 aromatic rings. The highest BCUT2D eigenvalue weighted by Crippen LogP contribution is 2.13. The second-order valence-electron chi connectivity index (χ2n) is 6.40. The molecule has 1 heterocycles. The minimum atomic E-state index is 0.286. The van der Waals surface area contributed by atoms with Gasteiger partial charge in [-0.25, -0.2) is 0 Å². The molecule has 0 atom stereocenters. The number of carbonyl (C=O) groups is 1. The highest BCUT2D eigenvalue weighted by molar-refractivity contribution is 7.81. The number of ketones is 1. The first kappa shape index (κ1) is 20.2. The van der Waals surface area contributed by atoms with E-state index < -0.39 is 0 Å². The molecule has 5 heteroatoms. The number of nitrogens with one attached hydrogen (secondary N) is 1. The second-order valence-corrected chi connectivity index (χ2v) is 6.72. The van der Waals surface area contributed by atoms with Crippen LogP contribution in [0.5, 0.6) is 0 Å². The molecule has 0 radical (unpaired) electrons. The number of hydrogen-bond acceptors (Lipinski definition) is 4. The van der Waals surface area contributed by atoms with Crippen molar-refractivity contribution < 1.29 is 4.79 Å². The number of nitrogens with zero attached hydrogens (tertiary/aromatic N) is 2. The topological polar surface area (TPSA) is 58.6 Å². The molecule has 0 amide bonds. The Labute approximate surface area is 146 Å². The van der Waals surface area contributed by atoms with Crippen LogP contribution in [0.15, 0.2) is 6.20 Å². The predicted molar refractivity (Wildman–Crippen MR) is 99.0 cm³/mol. The van der Waals surface area contributed by atoms with E-state index in [0.717, 1.165) is 25.0 Å². The van der Waals surface area contributed by atoms with Gasteiger partial charge < -0.3 is 0 Å². The van der Waals surface area contributed by atoms with E-state index in [9.17, 15) is 4.79 Å². The molecule has 132 valence electrons. The molecule has 4 nitrogen and oxygen atoms in total. The van der Waals surface area contributed by atoms with Crippen molar-refractivity contribution in [1.82, 2.24) is 15.4 Å². The Morgan fingerprint density at radius 1 is 0.870 bits per heavy atom. The summed E-state index contributed by atoms with van der Waals surface area (Å²) < 4.78 is 0. The summed E-state index contributed by atoms with van der Waals surface area (Å²) in [6.07, 6.45) is 19.2. The largest absolute Gasteiger partial charge is 0.299 e. The van der Waals surface area contributed by atoms with Gasteiger partial charge in [-0.2, -0.15) is 28.0 Å². The number of H-pyrrole nitrogens is 1. The van der Waals surface area contributed by atoms with Crippen molar-refractivity contribution in [2.75, 3.05) is 5.75 Å². The quantitative estimate of drug-likeness (QED) is 0.332. The van der Waals surface area contributed by atoms with Gasteiger partial charge >= 0.3 is 0 Å². The van der Waals surface area contributed by atoms with Gasteiger partial charge in [0.2, 0.25) is 0 Å². The van der Waals surface area contributed by atoms with E-state index in [2.05, 4.69) is 28.0 Å². The van der Waals surface area contributed by atoms with Gasteiger partial charge in [-0.1, -0.05) is 64.2 Å². The normalized spacial score (nSPS) is 11.0. The standard InChI is InChI=1S/C18H33N3OS/c22-18(16-23)14-12-10-8-6-4-2-1-3-5-7-9-11-13-17-15-19-21-20-17/h15,23H,1-14,16H2,(H,19,20,21). The van der Waals surface area contributed by atoms with Crippen LogP contribution in [0, 0.1) is 0 Å². The van der Waals surface area contributed by atoms with Crippen molar-refractivity contribution >= 4 is 18.4 Å². The summed E-state index contributed by atoms with van der Waals surface area (Å²) in [5, 5.41) is 10.5. The molecule has 0 spiro atoms. The molecule has 0 fully saturated rings. The first-order valence-electron chi connectivity index (χ1n) is 9.30. The Bertz CT molecular complexity index is 382. The number of aromatic amines is 1. The number of thiol groups is 1. The number of rotatable bonds is 16. The monoisotopic (exact) mass is 339 g/mol. The van der Waals surface area contributed by atoms with Gasteiger partial charge in [0.25, 0.3) is 0 Å². The first-order valence-corrected chi connectivity index (χ1v) is 9.93. The van der Waals surface area contributed by atoms with Gasteiger partial charge in [0.1, 0.15) is 5.78 Å². The highest BCUT2D eigenvalue weighted by Gasteiger charge is 1.99. The van der Waals surface area contributed by atoms with Gasteiger partial charge in [0.05, 0.1) is 11.9 Å². The Morgan fingerprint density at radius 3 is 1.87 bits per heavy atom. The number of aryl methyl sites for hydroxylation is 1. The first-order chi connectivity index (χ1) is 11.3. The maximum Gasteiger partial charge on any atom is 0.142 e. The van der Waals surface area contributed by atoms with Crippen molar-refractivity contribution in [2.45, 2.75) is 89.9 Å². The van der Waals surface area contributed by atoms with Crippen LogP contribution in [-0.4, -0.2) is 26.9 Å². The molecule has 0 aliphatic carbocycles. The van der Waals surface area contributed by atoms with E-state index in [1.807, 2.05) is 6.20 Å². The summed E-state index contributed by atoms with van der Waals surface area (Å²) in [5.41, 5.74) is 1.08. The van der Waals surface area contributed by atoms with Crippen molar-refractivity contribution in [2.24, 2.45) is 0 Å². The summed E-state index contributed by atoms with van der Waals surface area (Å²) in [4.78, 5) is 11.1. The second kappa shape index (κ2) is 14.7. The predicted octanol–water partition coefficient (Wildman–Crippen LogP) is 4.92. The van der Waals surface area contributed by atoms with Crippen LogP contribution in [0.25, 0.3) is 0 Å². The van der Waals surface area contributed by atoms with E-state index in [4.69, 9.17) is 0 Å². The van der Waals surface area contributed by atoms with E-state index in [1.54, 1.807) is 0 Å². The highest BCUT2D eigenvalue weighted by atomic mass is 32.1. The number of Topliss-reactive ketones (excluding diaryl/α,β-unsaturated/α-hetero) is 1. The molecule has 1 N–H and O–H groups in total. The van der Waals surface area contributed by atoms with Crippen molar-refractivity contribution in [3.05, 3.63) is 11.9 Å². The molecule has 1 aromatic heterocycles. The summed E-state index contributed by atoms with van der Waals surface area (Å²) >= 11 is 3.99. The molecule has 0 bridgehead atoms. The maximum absolute atomic E-state index is 11.1. The lowest BCUT2D eigenvalue weighted by Gasteiger charge is -2.03. The van der Waals surface area contributed by atoms with E-state index in [0.29, 0.717) is 5.75 Å². The van der Waals surface area contributed by atoms with E-state index in [-0.39, 0.29) is 5.78 Å². The Morgan fingerprint density at radius 2 is 1.39 bits per heavy atom. The zero-order valence-electron chi connectivity index (χ0n) is 14.4. The molecular weight excluding hydrogens is 306 g/mol. The number of unbranched alkanes of at least 4 members (excludes halogenated alkanes) is 11. The average molecular weight is 340 g/mol. The fourth-order valence-electron chi connectivity index (χ4n) is 2.82. The number of aromatic nitrogens is 3. The average Bonchev–Trinajstić information content (AvgIpc) is 3.08. The lowest BCUT2D eigenvalue weighted by molar-refractivity contribution is -0.116. The van der Waals surface area contributed by atoms with Gasteiger partial charge in [-0.15, -0.1) is 0 Å². The molecule has 1 rings (SSSR count). The Balaban J connectivity index is 1.71.